The summed E-state index contributed by atoms with van der Waals surface area (Å²) in [5, 5.41) is 5.08. The Hall–Kier alpha value is -1.15. The van der Waals surface area contributed by atoms with E-state index in [1.165, 1.54) is 6.07 Å². The Balaban J connectivity index is 2.01. The maximum atomic E-state index is 13.2. The summed E-state index contributed by atoms with van der Waals surface area (Å²) in [6.45, 7) is 3.23. The fourth-order valence-electron chi connectivity index (χ4n) is 3.01. The number of halogens is 1. The van der Waals surface area contributed by atoms with Gasteiger partial charge in [0.1, 0.15) is 22.6 Å². The Labute approximate surface area is 192 Å². The molecule has 0 spiro atoms. The van der Waals surface area contributed by atoms with Crippen molar-refractivity contribution in [1.82, 2.24) is 14.8 Å². The van der Waals surface area contributed by atoms with Crippen molar-refractivity contribution in [1.29, 1.82) is 0 Å². The monoisotopic (exact) mass is 495 g/mol. The molecule has 1 aromatic heterocycles. The number of pyridine rings is 1. The summed E-state index contributed by atoms with van der Waals surface area (Å²) in [4.78, 5) is 20.4. The minimum Gasteiger partial charge on any atom is -0.474 e. The average Bonchev–Trinajstić information content (AvgIpc) is 2.71. The second-order valence-corrected chi connectivity index (χ2v) is 10.7. The molecular weight excluding hydrogens is 466 g/mol. The van der Waals surface area contributed by atoms with Crippen molar-refractivity contribution >= 4 is 39.3 Å². The highest BCUT2D eigenvalue weighted by Crippen LogP contribution is 2.25. The van der Waals surface area contributed by atoms with E-state index in [2.05, 4.69) is 11.9 Å². The molecule has 31 heavy (non-hydrogen) atoms. The maximum absolute atomic E-state index is 13.2. The molecule has 0 bridgehead atoms. The Morgan fingerprint density at radius 3 is 2.81 bits per heavy atom. The number of aromatic nitrogens is 1. The van der Waals surface area contributed by atoms with E-state index in [1.54, 1.807) is 35.7 Å². The number of morpholine rings is 1. The van der Waals surface area contributed by atoms with Crippen LogP contribution in [0.25, 0.3) is 0 Å². The molecule has 1 saturated heterocycles. The van der Waals surface area contributed by atoms with Gasteiger partial charge in [0.05, 0.1) is 19.3 Å². The van der Waals surface area contributed by atoms with Gasteiger partial charge in [-0.15, -0.1) is 0 Å². The highest BCUT2D eigenvalue weighted by molar-refractivity contribution is 7.99. The number of likely N-dealkylation sites (N-methyl/N-ethyl adjacent to an activating group) is 1. The van der Waals surface area contributed by atoms with Gasteiger partial charge in [-0.25, -0.2) is 18.5 Å². The van der Waals surface area contributed by atoms with Gasteiger partial charge in [-0.1, -0.05) is 18.5 Å². The standard InChI is InChI=1S/C18H30ClN5O5S2/c1-4-30-8-5-18(20,23(2)3)17(25)24-6-7-28-13(11-24)12-29-16-15(19)9-14(10-22-16)31(21,26)27/h9-10,13H,4-8,11-12,20H2,1-3H3,(H2,21,26,27)/t13-,18-/m1/s1. The van der Waals surface area contributed by atoms with Crippen LogP contribution >= 0.6 is 23.4 Å². The third kappa shape index (κ3) is 6.91. The molecule has 0 unspecified atom stereocenters. The van der Waals surface area contributed by atoms with Crippen molar-refractivity contribution in [3.63, 3.8) is 0 Å². The van der Waals surface area contributed by atoms with Crippen LogP contribution in [-0.4, -0.2) is 92.8 Å². The maximum Gasteiger partial charge on any atom is 0.257 e. The van der Waals surface area contributed by atoms with Crippen LogP contribution < -0.4 is 15.6 Å². The Kier molecular flexibility index (Phi) is 9.37. The highest BCUT2D eigenvalue weighted by atomic mass is 35.5. The molecule has 2 rings (SSSR count). The van der Waals surface area contributed by atoms with Gasteiger partial charge in [-0.05, 0) is 38.1 Å². The molecule has 1 fully saturated rings. The van der Waals surface area contributed by atoms with Crippen LogP contribution in [0.2, 0.25) is 5.02 Å². The number of carbonyl (C=O) groups excluding carboxylic acids is 1. The molecule has 4 N–H and O–H groups in total. The second-order valence-electron chi connectivity index (χ2n) is 7.32. The van der Waals surface area contributed by atoms with Gasteiger partial charge >= 0.3 is 0 Å². The largest absolute Gasteiger partial charge is 0.474 e. The van der Waals surface area contributed by atoms with Crippen molar-refractivity contribution in [2.75, 3.05) is 51.9 Å². The van der Waals surface area contributed by atoms with Gasteiger partial charge < -0.3 is 20.1 Å². The van der Waals surface area contributed by atoms with Crippen molar-refractivity contribution < 1.29 is 22.7 Å². The van der Waals surface area contributed by atoms with Crippen molar-refractivity contribution in [2.45, 2.75) is 30.0 Å². The smallest absolute Gasteiger partial charge is 0.257 e. The van der Waals surface area contributed by atoms with Crippen LogP contribution in [0, 0.1) is 0 Å². The summed E-state index contributed by atoms with van der Waals surface area (Å²) in [6, 6.07) is 1.17. The number of amides is 1. The fourth-order valence-corrected chi connectivity index (χ4v) is 4.53. The topological polar surface area (TPSA) is 141 Å². The molecule has 0 aliphatic carbocycles. The number of nitrogens with two attached hydrogens (primary N) is 2. The lowest BCUT2D eigenvalue weighted by Gasteiger charge is -2.41. The van der Waals surface area contributed by atoms with Gasteiger partial charge in [0.2, 0.25) is 15.9 Å². The zero-order chi connectivity index (χ0) is 23.2. The number of hydrogen-bond acceptors (Lipinski definition) is 9. The van der Waals surface area contributed by atoms with E-state index < -0.39 is 21.8 Å². The predicted molar refractivity (Wildman–Crippen MR) is 121 cm³/mol. The average molecular weight is 496 g/mol. The van der Waals surface area contributed by atoms with Crippen LogP contribution in [0.15, 0.2) is 17.2 Å². The summed E-state index contributed by atoms with van der Waals surface area (Å²) < 4.78 is 34.1. The van der Waals surface area contributed by atoms with E-state index in [0.29, 0.717) is 26.1 Å². The Bertz CT molecular complexity index is 873. The van der Waals surface area contributed by atoms with Crippen LogP contribution in [0.4, 0.5) is 0 Å². The summed E-state index contributed by atoms with van der Waals surface area (Å²) in [7, 11) is -0.313. The van der Waals surface area contributed by atoms with E-state index >= 15 is 0 Å². The molecule has 2 heterocycles. The number of nitrogens with zero attached hydrogens (tertiary/aromatic N) is 3. The van der Waals surface area contributed by atoms with E-state index in [9.17, 15) is 13.2 Å². The van der Waals surface area contributed by atoms with Gasteiger partial charge in [0, 0.05) is 6.54 Å². The number of thioether (sulfide) groups is 1. The van der Waals surface area contributed by atoms with E-state index in [4.69, 9.17) is 31.9 Å². The molecule has 0 aromatic carbocycles. The molecule has 10 nitrogen and oxygen atoms in total. The van der Waals surface area contributed by atoms with Crippen LogP contribution in [0.3, 0.4) is 0 Å². The Morgan fingerprint density at radius 1 is 1.52 bits per heavy atom. The zero-order valence-corrected chi connectivity index (χ0v) is 20.3. The molecule has 176 valence electrons. The third-order valence-corrected chi connectivity index (χ3v) is 6.99. The van der Waals surface area contributed by atoms with Gasteiger partial charge in [0.25, 0.3) is 5.91 Å². The number of primary sulfonamides is 1. The van der Waals surface area contributed by atoms with Gasteiger partial charge in [0.15, 0.2) is 5.66 Å². The number of hydrogen-bond donors (Lipinski definition) is 2. The molecule has 0 saturated carbocycles. The molecule has 13 heteroatoms. The number of ether oxygens (including phenoxy) is 2. The lowest BCUT2D eigenvalue weighted by atomic mass is 10.0. The minimum absolute atomic E-state index is 0.0114. The van der Waals surface area contributed by atoms with Crippen molar-refractivity contribution in [2.24, 2.45) is 10.9 Å². The van der Waals surface area contributed by atoms with Gasteiger partial charge in [-0.3, -0.25) is 9.69 Å². The SMILES string of the molecule is CCSCC[C@](N)(C(=O)N1CCO[C@@H](COc2ncc(S(N)(=O)=O)cc2Cl)C1)N(C)C. The normalized spacial score (nSPS) is 19.3. The highest BCUT2D eigenvalue weighted by Gasteiger charge is 2.41. The lowest BCUT2D eigenvalue weighted by molar-refractivity contribution is -0.151. The molecule has 2 atom stereocenters. The summed E-state index contributed by atoms with van der Waals surface area (Å²) in [6.07, 6.45) is 1.19. The zero-order valence-electron chi connectivity index (χ0n) is 17.9. The van der Waals surface area contributed by atoms with Crippen molar-refractivity contribution in [3.05, 3.63) is 17.3 Å². The fraction of sp³-hybridized carbons (Fsp3) is 0.667. The molecular formula is C18H30ClN5O5S2. The molecule has 1 amide bonds. The molecule has 1 aliphatic heterocycles. The van der Waals surface area contributed by atoms with Gasteiger partial charge in [-0.2, -0.15) is 11.8 Å². The molecule has 1 aliphatic rings. The van der Waals surface area contributed by atoms with Crippen molar-refractivity contribution in [3.8, 4) is 5.88 Å². The molecule has 0 radical (unpaired) electrons. The number of carbonyl (C=O) groups is 1. The number of sulfonamides is 1. The third-order valence-electron chi connectivity index (χ3n) is 4.94. The first-order valence-electron chi connectivity index (χ1n) is 9.75. The van der Waals surface area contributed by atoms with E-state index in [0.717, 1.165) is 17.7 Å². The first-order chi connectivity index (χ1) is 14.5. The van der Waals surface area contributed by atoms with Crippen LogP contribution in [0.1, 0.15) is 13.3 Å². The lowest BCUT2D eigenvalue weighted by Crippen LogP contribution is -2.65. The second kappa shape index (κ2) is 11.1. The van der Waals surface area contributed by atoms with E-state index in [-0.39, 0.29) is 28.3 Å². The first kappa shape index (κ1) is 26.1. The summed E-state index contributed by atoms with van der Waals surface area (Å²) >= 11 is 7.79. The molecule has 1 aromatic rings. The van der Waals surface area contributed by atoms with Crippen LogP contribution in [0.5, 0.6) is 5.88 Å². The first-order valence-corrected chi connectivity index (χ1v) is 12.8. The summed E-state index contributed by atoms with van der Waals surface area (Å²) in [5.41, 5.74) is 5.40. The Morgan fingerprint density at radius 2 is 2.23 bits per heavy atom. The number of rotatable bonds is 10. The predicted octanol–water partition coefficient (Wildman–Crippen LogP) is 0.348. The van der Waals surface area contributed by atoms with Crippen LogP contribution in [-0.2, 0) is 19.6 Å². The quantitative estimate of drug-likeness (QED) is 0.347. The van der Waals surface area contributed by atoms with E-state index in [1.807, 2.05) is 0 Å². The summed E-state index contributed by atoms with van der Waals surface area (Å²) in [5.74, 6) is 1.64. The minimum atomic E-state index is -3.91.